The van der Waals surface area contributed by atoms with Gasteiger partial charge in [0.25, 0.3) is 17.5 Å². The maximum absolute atomic E-state index is 12.4. The summed E-state index contributed by atoms with van der Waals surface area (Å²) in [6.45, 7) is 0. The Morgan fingerprint density at radius 1 is 1.21 bits per heavy atom. The molecular weight excluding hydrogens is 364 g/mol. The Hall–Kier alpha value is -4.08. The molecule has 10 heteroatoms. The first kappa shape index (κ1) is 17.3. The Balaban J connectivity index is 1.61. The quantitative estimate of drug-likeness (QED) is 0.529. The maximum Gasteiger partial charge on any atom is 0.270 e. The van der Waals surface area contributed by atoms with Gasteiger partial charge >= 0.3 is 0 Å². The van der Waals surface area contributed by atoms with Gasteiger partial charge in [-0.15, -0.1) is 5.10 Å². The van der Waals surface area contributed by atoms with Gasteiger partial charge < -0.3 is 0 Å². The van der Waals surface area contributed by atoms with Crippen LogP contribution in [0.4, 0.5) is 17.6 Å². The van der Waals surface area contributed by atoms with Crippen LogP contribution in [0.2, 0.25) is 0 Å². The number of carbonyl (C=O) groups excluding carboxylic acids is 2. The molecule has 0 saturated carbocycles. The molecule has 2 amide bonds. The number of anilines is 2. The van der Waals surface area contributed by atoms with Crippen LogP contribution in [-0.4, -0.2) is 31.5 Å². The van der Waals surface area contributed by atoms with Crippen LogP contribution in [0.25, 0.3) is 0 Å². The predicted octanol–water partition coefficient (Wildman–Crippen LogP) is 2.37. The van der Waals surface area contributed by atoms with E-state index in [1.807, 2.05) is 30.3 Å². The smallest absolute Gasteiger partial charge is 0.270 e. The van der Waals surface area contributed by atoms with Crippen LogP contribution in [0.1, 0.15) is 28.4 Å². The summed E-state index contributed by atoms with van der Waals surface area (Å²) in [6, 6.07) is 14.4. The van der Waals surface area contributed by atoms with Crippen LogP contribution < -0.4 is 10.6 Å². The molecule has 1 atom stereocenters. The largest absolute Gasteiger partial charge is 0.295 e. The SMILES string of the molecule is O=C1C[C@@H](c2ccccc2)n2nc(NC(=O)c3cccc([N+](=O)[O-])c3)nc2N1. The fraction of sp³-hybridized carbons (Fsp3) is 0.111. The van der Waals surface area contributed by atoms with E-state index in [0.29, 0.717) is 0 Å². The molecule has 0 aliphatic carbocycles. The van der Waals surface area contributed by atoms with Crippen molar-refractivity contribution in [1.29, 1.82) is 0 Å². The van der Waals surface area contributed by atoms with Crippen molar-refractivity contribution in [2.45, 2.75) is 12.5 Å². The summed E-state index contributed by atoms with van der Waals surface area (Å²) < 4.78 is 1.54. The molecule has 0 spiro atoms. The molecule has 0 unspecified atom stereocenters. The molecular formula is C18H14N6O4. The summed E-state index contributed by atoms with van der Waals surface area (Å²) in [6.07, 6.45) is 0.193. The standard InChI is InChI=1S/C18H14N6O4/c25-15-10-14(11-5-2-1-3-6-11)23-18(19-15)21-17(22-23)20-16(26)12-7-4-8-13(9-12)24(27)28/h1-9,14H,10H2,(H2,19,20,21,22,25,26)/t14-/m0/s1. The van der Waals surface area contributed by atoms with E-state index in [0.717, 1.165) is 5.56 Å². The first-order valence-corrected chi connectivity index (χ1v) is 8.38. The summed E-state index contributed by atoms with van der Waals surface area (Å²) in [5, 5.41) is 20.3. The molecule has 4 rings (SSSR count). The van der Waals surface area contributed by atoms with E-state index in [2.05, 4.69) is 20.7 Å². The van der Waals surface area contributed by atoms with Crippen molar-refractivity contribution in [3.8, 4) is 0 Å². The number of fused-ring (bicyclic) bond motifs is 1. The molecule has 140 valence electrons. The van der Waals surface area contributed by atoms with E-state index >= 15 is 0 Å². The highest BCUT2D eigenvalue weighted by Gasteiger charge is 2.29. The number of nitrogens with one attached hydrogen (secondary N) is 2. The van der Waals surface area contributed by atoms with Crippen LogP contribution in [0.5, 0.6) is 0 Å². The second kappa shape index (κ2) is 6.91. The monoisotopic (exact) mass is 378 g/mol. The first-order chi connectivity index (χ1) is 13.5. The zero-order chi connectivity index (χ0) is 19.7. The number of hydrogen-bond donors (Lipinski definition) is 2. The molecule has 3 aromatic rings. The average molecular weight is 378 g/mol. The van der Waals surface area contributed by atoms with E-state index in [1.54, 1.807) is 4.68 Å². The van der Waals surface area contributed by atoms with Crippen LogP contribution in [0.15, 0.2) is 54.6 Å². The van der Waals surface area contributed by atoms with E-state index < -0.39 is 10.8 Å². The lowest BCUT2D eigenvalue weighted by Gasteiger charge is -2.23. The van der Waals surface area contributed by atoms with Crippen LogP contribution in [0.3, 0.4) is 0 Å². The third-order valence-corrected chi connectivity index (χ3v) is 4.29. The van der Waals surface area contributed by atoms with Crippen molar-refractivity contribution in [3.63, 3.8) is 0 Å². The van der Waals surface area contributed by atoms with Gasteiger partial charge in [-0.1, -0.05) is 36.4 Å². The van der Waals surface area contributed by atoms with Crippen molar-refractivity contribution in [2.24, 2.45) is 0 Å². The number of carbonyl (C=O) groups is 2. The predicted molar refractivity (Wildman–Crippen MR) is 98.9 cm³/mol. The van der Waals surface area contributed by atoms with Crippen molar-refractivity contribution < 1.29 is 14.5 Å². The Bertz CT molecular complexity index is 1080. The minimum atomic E-state index is -0.589. The fourth-order valence-corrected chi connectivity index (χ4v) is 2.99. The topological polar surface area (TPSA) is 132 Å². The molecule has 2 N–H and O–H groups in total. The summed E-state index contributed by atoms with van der Waals surface area (Å²) >= 11 is 0. The third kappa shape index (κ3) is 3.30. The number of nitrogens with zero attached hydrogens (tertiary/aromatic N) is 4. The Kier molecular flexibility index (Phi) is 4.28. The van der Waals surface area contributed by atoms with Gasteiger partial charge in [0.2, 0.25) is 11.9 Å². The lowest BCUT2D eigenvalue weighted by Crippen LogP contribution is -2.29. The normalized spacial score (nSPS) is 15.4. The van der Waals surface area contributed by atoms with Gasteiger partial charge in [0, 0.05) is 17.7 Å². The highest BCUT2D eigenvalue weighted by Crippen LogP contribution is 2.29. The van der Waals surface area contributed by atoms with E-state index in [-0.39, 0.29) is 41.5 Å². The number of aromatic nitrogens is 3. The van der Waals surface area contributed by atoms with Gasteiger partial charge in [0.1, 0.15) is 0 Å². The summed E-state index contributed by atoms with van der Waals surface area (Å²) in [5.41, 5.74) is 0.798. The number of non-ortho nitro benzene ring substituents is 1. The molecule has 28 heavy (non-hydrogen) atoms. The highest BCUT2D eigenvalue weighted by molar-refractivity contribution is 6.03. The zero-order valence-electron chi connectivity index (χ0n) is 14.4. The van der Waals surface area contributed by atoms with Gasteiger partial charge in [-0.3, -0.25) is 30.3 Å². The lowest BCUT2D eigenvalue weighted by atomic mass is 10.0. The number of amides is 2. The molecule has 1 aliphatic heterocycles. The minimum absolute atomic E-state index is 0.00497. The van der Waals surface area contributed by atoms with Gasteiger partial charge in [-0.2, -0.15) is 4.98 Å². The van der Waals surface area contributed by atoms with Gasteiger partial charge in [-0.05, 0) is 11.6 Å². The van der Waals surface area contributed by atoms with Gasteiger partial charge in [0.05, 0.1) is 17.4 Å². The number of benzene rings is 2. The molecule has 0 saturated heterocycles. The molecule has 0 radical (unpaired) electrons. The van der Waals surface area contributed by atoms with E-state index in [1.165, 1.54) is 24.3 Å². The van der Waals surface area contributed by atoms with Gasteiger partial charge in [0.15, 0.2) is 0 Å². The van der Waals surface area contributed by atoms with E-state index in [4.69, 9.17) is 0 Å². The summed E-state index contributed by atoms with van der Waals surface area (Å²) in [5.74, 6) is -0.575. The Morgan fingerprint density at radius 2 is 2.00 bits per heavy atom. The number of nitro groups is 1. The Morgan fingerprint density at radius 3 is 2.75 bits per heavy atom. The van der Waals surface area contributed by atoms with Crippen molar-refractivity contribution in [2.75, 3.05) is 10.6 Å². The van der Waals surface area contributed by atoms with Crippen molar-refractivity contribution in [3.05, 3.63) is 75.8 Å². The van der Waals surface area contributed by atoms with E-state index in [9.17, 15) is 19.7 Å². The zero-order valence-corrected chi connectivity index (χ0v) is 14.4. The minimum Gasteiger partial charge on any atom is -0.295 e. The third-order valence-electron chi connectivity index (χ3n) is 4.29. The molecule has 0 fully saturated rings. The summed E-state index contributed by atoms with van der Waals surface area (Å²) in [4.78, 5) is 38.9. The number of hydrogen-bond acceptors (Lipinski definition) is 6. The molecule has 2 aromatic carbocycles. The highest BCUT2D eigenvalue weighted by atomic mass is 16.6. The van der Waals surface area contributed by atoms with Gasteiger partial charge in [-0.25, -0.2) is 4.68 Å². The number of nitro benzene ring substituents is 1. The first-order valence-electron chi connectivity index (χ1n) is 8.38. The second-order valence-electron chi connectivity index (χ2n) is 6.14. The molecule has 1 aliphatic rings. The number of rotatable bonds is 4. The summed E-state index contributed by atoms with van der Waals surface area (Å²) in [7, 11) is 0. The van der Waals surface area contributed by atoms with Crippen LogP contribution >= 0.6 is 0 Å². The molecule has 10 nitrogen and oxygen atoms in total. The van der Waals surface area contributed by atoms with Crippen LogP contribution in [-0.2, 0) is 4.79 Å². The fourth-order valence-electron chi connectivity index (χ4n) is 2.99. The average Bonchev–Trinajstić information content (AvgIpc) is 3.10. The Labute approximate surface area is 158 Å². The van der Waals surface area contributed by atoms with Crippen molar-refractivity contribution in [1.82, 2.24) is 14.8 Å². The maximum atomic E-state index is 12.4. The van der Waals surface area contributed by atoms with Crippen molar-refractivity contribution >= 4 is 29.4 Å². The second-order valence-corrected chi connectivity index (χ2v) is 6.14. The molecule has 1 aromatic heterocycles. The lowest BCUT2D eigenvalue weighted by molar-refractivity contribution is -0.384. The molecule has 0 bridgehead atoms. The van der Waals surface area contributed by atoms with Crippen LogP contribution in [0, 0.1) is 10.1 Å². The molecule has 2 heterocycles.